The summed E-state index contributed by atoms with van der Waals surface area (Å²) in [5, 5.41) is 12.6. The molecule has 2 aromatic carbocycles. The second-order valence-electron chi connectivity index (χ2n) is 4.76. The van der Waals surface area contributed by atoms with Crippen LogP contribution < -0.4 is 5.32 Å². The molecule has 0 saturated heterocycles. The van der Waals surface area contributed by atoms with E-state index in [1.807, 2.05) is 26.0 Å². The van der Waals surface area contributed by atoms with Crippen LogP contribution in [0.2, 0.25) is 0 Å². The Balaban J connectivity index is 2.16. The van der Waals surface area contributed by atoms with E-state index in [-0.39, 0.29) is 0 Å². The highest BCUT2D eigenvalue weighted by Crippen LogP contribution is 2.21. The van der Waals surface area contributed by atoms with Crippen LogP contribution in [0.5, 0.6) is 0 Å². The van der Waals surface area contributed by atoms with Crippen LogP contribution in [0.4, 0.5) is 10.1 Å². The first kappa shape index (κ1) is 14.2. The van der Waals surface area contributed by atoms with E-state index >= 15 is 0 Å². The Labute approximate surface area is 117 Å². The van der Waals surface area contributed by atoms with Crippen molar-refractivity contribution in [1.82, 2.24) is 0 Å². The number of rotatable bonds is 3. The molecule has 0 radical (unpaired) electrons. The van der Waals surface area contributed by atoms with Crippen LogP contribution >= 0.6 is 0 Å². The number of aryl methyl sites for hydroxylation is 2. The number of nitrogens with one attached hydrogen (secondary N) is 1. The first-order valence-corrected chi connectivity index (χ1v) is 6.29. The van der Waals surface area contributed by atoms with Gasteiger partial charge in [0.05, 0.1) is 0 Å². The minimum Gasteiger partial charge on any atom is -0.378 e. The molecule has 0 fully saturated rings. The van der Waals surface area contributed by atoms with Crippen molar-refractivity contribution in [3.8, 4) is 0 Å². The Morgan fingerprint density at radius 1 is 1.20 bits per heavy atom. The van der Waals surface area contributed by atoms with E-state index in [0.717, 1.165) is 11.1 Å². The molecule has 1 unspecified atom stereocenters. The average molecular weight is 273 g/mol. The summed E-state index contributed by atoms with van der Waals surface area (Å²) in [6.07, 6.45) is -1.28. The van der Waals surface area contributed by atoms with Crippen LogP contribution in [-0.2, 0) is 4.79 Å². The fourth-order valence-electron chi connectivity index (χ4n) is 2.05. The number of hydrogen-bond donors (Lipinski definition) is 2. The number of halogens is 1. The number of carbonyl (C=O) groups is 1. The molecule has 0 aromatic heterocycles. The molecule has 2 rings (SSSR count). The first-order chi connectivity index (χ1) is 9.47. The highest BCUT2D eigenvalue weighted by molar-refractivity contribution is 5.94. The van der Waals surface area contributed by atoms with Crippen LogP contribution in [-0.4, -0.2) is 11.0 Å². The minimum atomic E-state index is -1.28. The van der Waals surface area contributed by atoms with Crippen molar-refractivity contribution in [2.45, 2.75) is 20.0 Å². The van der Waals surface area contributed by atoms with Crippen molar-refractivity contribution in [2.75, 3.05) is 5.32 Å². The number of benzene rings is 2. The molecule has 4 heteroatoms. The Morgan fingerprint density at radius 3 is 2.60 bits per heavy atom. The van der Waals surface area contributed by atoms with Crippen molar-refractivity contribution in [2.24, 2.45) is 0 Å². The van der Waals surface area contributed by atoms with E-state index in [2.05, 4.69) is 5.32 Å². The van der Waals surface area contributed by atoms with Gasteiger partial charge in [0.15, 0.2) is 6.10 Å². The molecule has 0 aliphatic rings. The number of anilines is 1. The lowest BCUT2D eigenvalue weighted by atomic mass is 10.0. The lowest BCUT2D eigenvalue weighted by molar-refractivity contribution is -0.124. The maximum atomic E-state index is 13.0. The molecule has 0 spiro atoms. The lowest BCUT2D eigenvalue weighted by Gasteiger charge is -2.14. The smallest absolute Gasteiger partial charge is 0.257 e. The molecule has 1 atom stereocenters. The van der Waals surface area contributed by atoms with Gasteiger partial charge in [-0.1, -0.05) is 29.8 Å². The summed E-state index contributed by atoms with van der Waals surface area (Å²) in [6, 6.07) is 11.0. The Hall–Kier alpha value is -2.20. The van der Waals surface area contributed by atoms with Crippen LogP contribution in [0.3, 0.4) is 0 Å². The zero-order valence-electron chi connectivity index (χ0n) is 11.4. The van der Waals surface area contributed by atoms with E-state index in [0.29, 0.717) is 11.3 Å². The maximum Gasteiger partial charge on any atom is 0.257 e. The molecule has 0 aliphatic carbocycles. The van der Waals surface area contributed by atoms with Gasteiger partial charge >= 0.3 is 0 Å². The van der Waals surface area contributed by atoms with Crippen LogP contribution in [0, 0.1) is 19.7 Å². The molecular weight excluding hydrogens is 257 g/mol. The van der Waals surface area contributed by atoms with Crippen LogP contribution in [0.1, 0.15) is 22.8 Å². The molecule has 20 heavy (non-hydrogen) atoms. The quantitative estimate of drug-likeness (QED) is 0.902. The van der Waals surface area contributed by atoms with E-state index in [1.165, 1.54) is 18.2 Å². The highest BCUT2D eigenvalue weighted by Gasteiger charge is 2.19. The molecule has 104 valence electrons. The number of amides is 1. The number of aliphatic hydroxyl groups excluding tert-OH is 1. The Bertz CT molecular complexity index is 640. The van der Waals surface area contributed by atoms with Crippen molar-refractivity contribution >= 4 is 11.6 Å². The van der Waals surface area contributed by atoms with E-state index < -0.39 is 17.8 Å². The van der Waals surface area contributed by atoms with Crippen LogP contribution in [0.25, 0.3) is 0 Å². The monoisotopic (exact) mass is 273 g/mol. The molecular formula is C16H16FNO2. The van der Waals surface area contributed by atoms with Gasteiger partial charge in [0.2, 0.25) is 0 Å². The van der Waals surface area contributed by atoms with Gasteiger partial charge < -0.3 is 10.4 Å². The normalized spacial score (nSPS) is 12.0. The topological polar surface area (TPSA) is 49.3 Å². The van der Waals surface area contributed by atoms with Crippen molar-refractivity contribution < 1.29 is 14.3 Å². The third-order valence-corrected chi connectivity index (χ3v) is 3.06. The summed E-state index contributed by atoms with van der Waals surface area (Å²) in [4.78, 5) is 12.0. The molecule has 0 saturated carbocycles. The molecule has 0 bridgehead atoms. The second-order valence-corrected chi connectivity index (χ2v) is 4.76. The number of carbonyl (C=O) groups excluding carboxylic acids is 1. The van der Waals surface area contributed by atoms with E-state index in [4.69, 9.17) is 0 Å². The molecule has 2 N–H and O–H groups in total. The maximum absolute atomic E-state index is 13.0. The van der Waals surface area contributed by atoms with Crippen LogP contribution in [0.15, 0.2) is 42.5 Å². The van der Waals surface area contributed by atoms with Gasteiger partial charge in [-0.05, 0) is 43.2 Å². The zero-order chi connectivity index (χ0) is 14.7. The van der Waals surface area contributed by atoms with Gasteiger partial charge in [-0.25, -0.2) is 4.39 Å². The predicted octanol–water partition coefficient (Wildman–Crippen LogP) is 3.11. The fourth-order valence-corrected chi connectivity index (χ4v) is 2.05. The van der Waals surface area contributed by atoms with Gasteiger partial charge in [0, 0.05) is 5.69 Å². The molecule has 1 amide bonds. The Morgan fingerprint density at radius 2 is 1.95 bits per heavy atom. The van der Waals surface area contributed by atoms with Gasteiger partial charge in [0.1, 0.15) is 5.82 Å². The van der Waals surface area contributed by atoms with Crippen molar-refractivity contribution in [1.29, 1.82) is 0 Å². The van der Waals surface area contributed by atoms with Crippen molar-refractivity contribution in [3.63, 3.8) is 0 Å². The fraction of sp³-hybridized carbons (Fsp3) is 0.188. The summed E-state index contributed by atoms with van der Waals surface area (Å²) in [7, 11) is 0. The lowest BCUT2D eigenvalue weighted by Crippen LogP contribution is -2.21. The summed E-state index contributed by atoms with van der Waals surface area (Å²) < 4.78 is 13.0. The van der Waals surface area contributed by atoms with E-state index in [9.17, 15) is 14.3 Å². The summed E-state index contributed by atoms with van der Waals surface area (Å²) >= 11 is 0. The minimum absolute atomic E-state index is 0.318. The second kappa shape index (κ2) is 5.84. The Kier molecular flexibility index (Phi) is 4.15. The van der Waals surface area contributed by atoms with Gasteiger partial charge in [0.25, 0.3) is 5.91 Å². The first-order valence-electron chi connectivity index (χ1n) is 6.29. The van der Waals surface area contributed by atoms with Gasteiger partial charge in [-0.2, -0.15) is 0 Å². The highest BCUT2D eigenvalue weighted by atomic mass is 19.1. The average Bonchev–Trinajstić information content (AvgIpc) is 2.38. The van der Waals surface area contributed by atoms with Crippen molar-refractivity contribution in [3.05, 3.63) is 65.0 Å². The SMILES string of the molecule is Cc1ccc(C(O)C(=O)Nc2cccc(F)c2)c(C)c1. The summed E-state index contributed by atoms with van der Waals surface area (Å²) in [5.41, 5.74) is 2.76. The third kappa shape index (κ3) is 3.22. The molecule has 0 aliphatic heterocycles. The van der Waals surface area contributed by atoms with Gasteiger partial charge in [-0.15, -0.1) is 0 Å². The number of aliphatic hydroxyl groups is 1. The summed E-state index contributed by atoms with van der Waals surface area (Å²) in [6.45, 7) is 3.77. The molecule has 2 aromatic rings. The van der Waals surface area contributed by atoms with E-state index in [1.54, 1.807) is 12.1 Å². The summed E-state index contributed by atoms with van der Waals surface area (Å²) in [5.74, 6) is -1.02. The standard InChI is InChI=1S/C16H16FNO2/c1-10-6-7-14(11(2)8-10)15(19)16(20)18-13-5-3-4-12(17)9-13/h3-9,15,19H,1-2H3,(H,18,20). The van der Waals surface area contributed by atoms with Gasteiger partial charge in [-0.3, -0.25) is 4.79 Å². The molecule has 3 nitrogen and oxygen atoms in total. The number of hydrogen-bond acceptors (Lipinski definition) is 2. The molecule has 0 heterocycles. The zero-order valence-corrected chi connectivity index (χ0v) is 11.4. The predicted molar refractivity (Wildman–Crippen MR) is 75.9 cm³/mol. The largest absolute Gasteiger partial charge is 0.378 e. The third-order valence-electron chi connectivity index (χ3n) is 3.06.